The molecule has 3 rings (SSSR count). The number of rotatable bonds is 3. The molecule has 2 aromatic rings. The molecule has 0 bridgehead atoms. The maximum absolute atomic E-state index is 5.73. The Labute approximate surface area is 92.9 Å². The van der Waals surface area contributed by atoms with E-state index in [0.29, 0.717) is 6.54 Å². The molecule has 6 nitrogen and oxygen atoms in total. The molecule has 3 N–H and O–H groups in total. The van der Waals surface area contributed by atoms with Crippen molar-refractivity contribution in [2.24, 2.45) is 5.73 Å². The molecule has 1 aliphatic rings. The van der Waals surface area contributed by atoms with Gasteiger partial charge in [0.1, 0.15) is 5.82 Å². The highest BCUT2D eigenvalue weighted by molar-refractivity contribution is 5.63. The Morgan fingerprint density at radius 2 is 2.31 bits per heavy atom. The van der Waals surface area contributed by atoms with Gasteiger partial charge in [-0.15, -0.1) is 10.2 Å². The number of aromatic nitrogens is 4. The predicted molar refractivity (Wildman–Crippen MR) is 60.2 cm³/mol. The van der Waals surface area contributed by atoms with Crippen LogP contribution in [0.15, 0.2) is 12.4 Å². The molecule has 0 atom stereocenters. The van der Waals surface area contributed by atoms with Gasteiger partial charge in [-0.1, -0.05) is 0 Å². The quantitative estimate of drug-likeness (QED) is 0.776. The van der Waals surface area contributed by atoms with Crippen molar-refractivity contribution >= 4 is 11.5 Å². The molecule has 0 spiro atoms. The molecule has 0 saturated heterocycles. The molecule has 0 amide bonds. The Balaban J connectivity index is 2.03. The zero-order valence-electron chi connectivity index (χ0n) is 9.14. The third-order valence-corrected chi connectivity index (χ3v) is 3.13. The smallest absolute Gasteiger partial charge is 0.203 e. The molecule has 1 saturated carbocycles. The maximum Gasteiger partial charge on any atom is 0.203 e. The van der Waals surface area contributed by atoms with Gasteiger partial charge in [0, 0.05) is 18.9 Å². The molecule has 0 aliphatic heterocycles. The molecule has 1 aliphatic carbocycles. The molecule has 0 radical (unpaired) electrons. The number of nitrogens with two attached hydrogens (primary N) is 1. The number of hydrogen-bond donors (Lipinski definition) is 2. The highest BCUT2D eigenvalue weighted by atomic mass is 15.3. The fourth-order valence-corrected chi connectivity index (χ4v) is 1.81. The van der Waals surface area contributed by atoms with Crippen LogP contribution in [0.3, 0.4) is 0 Å². The van der Waals surface area contributed by atoms with E-state index in [2.05, 4.69) is 20.5 Å². The molecule has 2 heterocycles. The third kappa shape index (κ3) is 1.34. The van der Waals surface area contributed by atoms with E-state index in [1.165, 1.54) is 0 Å². The number of aryl methyl sites for hydroxylation is 1. The van der Waals surface area contributed by atoms with Crippen molar-refractivity contribution in [3.63, 3.8) is 0 Å². The average molecular weight is 218 g/mol. The van der Waals surface area contributed by atoms with Crippen LogP contribution >= 0.6 is 0 Å². The SMILES string of the molecule is Cc1nnc2c(NC3(CN)CC3)nccn12. The Morgan fingerprint density at radius 1 is 1.50 bits per heavy atom. The van der Waals surface area contributed by atoms with Gasteiger partial charge < -0.3 is 11.1 Å². The van der Waals surface area contributed by atoms with Crippen molar-refractivity contribution in [1.29, 1.82) is 0 Å². The van der Waals surface area contributed by atoms with Crippen LogP contribution in [-0.4, -0.2) is 31.7 Å². The van der Waals surface area contributed by atoms with Crippen LogP contribution in [0.5, 0.6) is 0 Å². The van der Waals surface area contributed by atoms with Crippen molar-refractivity contribution in [3.8, 4) is 0 Å². The van der Waals surface area contributed by atoms with Gasteiger partial charge in [-0.05, 0) is 19.8 Å². The second-order valence-corrected chi connectivity index (χ2v) is 4.33. The van der Waals surface area contributed by atoms with Gasteiger partial charge >= 0.3 is 0 Å². The van der Waals surface area contributed by atoms with Gasteiger partial charge in [0.2, 0.25) is 5.65 Å². The minimum Gasteiger partial charge on any atom is -0.360 e. The van der Waals surface area contributed by atoms with E-state index in [1.54, 1.807) is 6.20 Å². The van der Waals surface area contributed by atoms with Gasteiger partial charge in [-0.2, -0.15) is 0 Å². The summed E-state index contributed by atoms with van der Waals surface area (Å²) in [5.74, 6) is 1.63. The summed E-state index contributed by atoms with van der Waals surface area (Å²) in [6.45, 7) is 2.54. The summed E-state index contributed by atoms with van der Waals surface area (Å²) in [4.78, 5) is 4.30. The topological polar surface area (TPSA) is 81.1 Å². The minimum absolute atomic E-state index is 0.0364. The minimum atomic E-state index is 0.0364. The summed E-state index contributed by atoms with van der Waals surface area (Å²) in [7, 11) is 0. The van der Waals surface area contributed by atoms with Crippen LogP contribution < -0.4 is 11.1 Å². The Hall–Kier alpha value is -1.69. The molecular weight excluding hydrogens is 204 g/mol. The van der Waals surface area contributed by atoms with Crippen LogP contribution in [-0.2, 0) is 0 Å². The maximum atomic E-state index is 5.73. The highest BCUT2D eigenvalue weighted by Gasteiger charge is 2.42. The lowest BCUT2D eigenvalue weighted by Crippen LogP contribution is -2.31. The van der Waals surface area contributed by atoms with Crippen molar-refractivity contribution in [2.45, 2.75) is 25.3 Å². The summed E-state index contributed by atoms with van der Waals surface area (Å²) < 4.78 is 1.92. The fraction of sp³-hybridized carbons (Fsp3) is 0.500. The highest BCUT2D eigenvalue weighted by Crippen LogP contribution is 2.37. The van der Waals surface area contributed by atoms with Crippen molar-refractivity contribution in [3.05, 3.63) is 18.2 Å². The van der Waals surface area contributed by atoms with Crippen LogP contribution in [0.4, 0.5) is 5.82 Å². The van der Waals surface area contributed by atoms with E-state index < -0.39 is 0 Å². The predicted octanol–water partition coefficient (Wildman–Crippen LogP) is 0.336. The zero-order chi connectivity index (χ0) is 11.2. The largest absolute Gasteiger partial charge is 0.360 e. The number of hydrogen-bond acceptors (Lipinski definition) is 5. The first-order valence-corrected chi connectivity index (χ1v) is 5.39. The fourth-order valence-electron chi connectivity index (χ4n) is 1.81. The number of nitrogens with zero attached hydrogens (tertiary/aromatic N) is 4. The molecule has 2 aromatic heterocycles. The summed E-state index contributed by atoms with van der Waals surface area (Å²) in [5, 5.41) is 11.5. The van der Waals surface area contributed by atoms with E-state index in [9.17, 15) is 0 Å². The van der Waals surface area contributed by atoms with Crippen molar-refractivity contribution < 1.29 is 0 Å². The lowest BCUT2D eigenvalue weighted by molar-refractivity contribution is 0.736. The first-order valence-electron chi connectivity index (χ1n) is 5.39. The van der Waals surface area contributed by atoms with E-state index in [4.69, 9.17) is 5.73 Å². The van der Waals surface area contributed by atoms with Gasteiger partial charge in [-0.3, -0.25) is 4.40 Å². The number of anilines is 1. The monoisotopic (exact) mass is 218 g/mol. The molecule has 1 fully saturated rings. The Kier molecular flexibility index (Phi) is 1.88. The van der Waals surface area contributed by atoms with Gasteiger partial charge in [0.15, 0.2) is 5.82 Å². The number of fused-ring (bicyclic) bond motifs is 1. The standard InChI is InChI=1S/C10H14N6/c1-7-14-15-9-8(12-4-5-16(7)9)13-10(6-11)2-3-10/h4-5H,2-3,6,11H2,1H3,(H,12,13). The summed E-state index contributed by atoms with van der Waals surface area (Å²) in [6, 6.07) is 0. The van der Waals surface area contributed by atoms with E-state index >= 15 is 0 Å². The van der Waals surface area contributed by atoms with Crippen molar-refractivity contribution in [1.82, 2.24) is 19.6 Å². The summed E-state index contributed by atoms with van der Waals surface area (Å²) >= 11 is 0. The molecule has 16 heavy (non-hydrogen) atoms. The Bertz CT molecular complexity index is 527. The van der Waals surface area contributed by atoms with Crippen LogP contribution in [0.1, 0.15) is 18.7 Å². The first-order chi connectivity index (χ1) is 7.74. The normalized spacial score (nSPS) is 17.6. The van der Waals surface area contributed by atoms with Gasteiger partial charge in [0.25, 0.3) is 0 Å². The number of nitrogens with one attached hydrogen (secondary N) is 1. The van der Waals surface area contributed by atoms with E-state index in [-0.39, 0.29) is 5.54 Å². The second kappa shape index (κ2) is 3.15. The van der Waals surface area contributed by atoms with Crippen LogP contribution in [0, 0.1) is 6.92 Å². The second-order valence-electron chi connectivity index (χ2n) is 4.33. The van der Waals surface area contributed by atoms with Crippen LogP contribution in [0.25, 0.3) is 5.65 Å². The van der Waals surface area contributed by atoms with Crippen molar-refractivity contribution in [2.75, 3.05) is 11.9 Å². The molecular formula is C10H14N6. The third-order valence-electron chi connectivity index (χ3n) is 3.13. The van der Waals surface area contributed by atoms with E-state index in [1.807, 2.05) is 17.5 Å². The van der Waals surface area contributed by atoms with Crippen LogP contribution in [0.2, 0.25) is 0 Å². The molecule has 0 aromatic carbocycles. The lowest BCUT2D eigenvalue weighted by atomic mass is 10.3. The molecule has 0 unspecified atom stereocenters. The van der Waals surface area contributed by atoms with Gasteiger partial charge in [-0.25, -0.2) is 4.98 Å². The summed E-state index contributed by atoms with van der Waals surface area (Å²) in [5.41, 5.74) is 6.53. The molecule has 84 valence electrons. The van der Waals surface area contributed by atoms with Gasteiger partial charge in [0.05, 0.1) is 5.54 Å². The average Bonchev–Trinajstić information content (AvgIpc) is 2.98. The zero-order valence-corrected chi connectivity index (χ0v) is 9.14. The van der Waals surface area contributed by atoms with E-state index in [0.717, 1.165) is 30.1 Å². The first kappa shape index (κ1) is 9.53. The molecule has 6 heteroatoms. The lowest BCUT2D eigenvalue weighted by Gasteiger charge is -2.15. The summed E-state index contributed by atoms with van der Waals surface area (Å²) in [6.07, 6.45) is 5.80. The Morgan fingerprint density at radius 3 is 3.00 bits per heavy atom.